The molecule has 0 amide bonds. The maximum atomic E-state index is 11.9. The lowest BCUT2D eigenvalue weighted by Gasteiger charge is -2.18. The number of nitrogen functional groups attached to an aromatic ring is 1. The number of ether oxygens (including phenoxy) is 1. The summed E-state index contributed by atoms with van der Waals surface area (Å²) in [5, 5.41) is 3.24. The molecule has 98 valence electrons. The summed E-state index contributed by atoms with van der Waals surface area (Å²) in [7, 11) is 0. The van der Waals surface area contributed by atoms with E-state index < -0.39 is 0 Å². The average molecular weight is 313 g/mol. The van der Waals surface area contributed by atoms with Crippen LogP contribution in [0.5, 0.6) is 0 Å². The Bertz CT molecular complexity index is 451. The molecule has 1 aliphatic rings. The van der Waals surface area contributed by atoms with Crippen molar-refractivity contribution >= 4 is 27.6 Å². The molecule has 0 saturated carbocycles. The Morgan fingerprint density at radius 3 is 3.00 bits per heavy atom. The Kier molecular flexibility index (Phi) is 4.24. The third-order valence-corrected chi connectivity index (χ3v) is 3.97. The molecule has 0 spiro atoms. The summed E-state index contributed by atoms with van der Waals surface area (Å²) in [6, 6.07) is 5.85. The predicted octanol–water partition coefficient (Wildman–Crippen LogP) is 1.90. The van der Waals surface area contributed by atoms with Crippen molar-refractivity contribution in [2.45, 2.75) is 12.8 Å². The normalized spacial score (nSPS) is 23.0. The lowest BCUT2D eigenvalue weighted by atomic mass is 9.89. The van der Waals surface area contributed by atoms with Crippen LogP contribution >= 0.6 is 15.9 Å². The number of esters is 1. The van der Waals surface area contributed by atoms with E-state index in [4.69, 9.17) is 10.5 Å². The molecule has 1 saturated heterocycles. The van der Waals surface area contributed by atoms with E-state index in [2.05, 4.69) is 21.2 Å². The summed E-state index contributed by atoms with van der Waals surface area (Å²) >= 11 is 3.37. The van der Waals surface area contributed by atoms with Crippen LogP contribution in [0.4, 0.5) is 5.69 Å². The predicted molar refractivity (Wildman–Crippen MR) is 74.3 cm³/mol. The van der Waals surface area contributed by atoms with E-state index in [9.17, 15) is 4.79 Å². The third-order valence-electron chi connectivity index (χ3n) is 3.25. The van der Waals surface area contributed by atoms with Gasteiger partial charge >= 0.3 is 5.97 Å². The fourth-order valence-corrected chi connectivity index (χ4v) is 2.57. The zero-order chi connectivity index (χ0) is 13.1. The van der Waals surface area contributed by atoms with Crippen LogP contribution in [0, 0.1) is 5.92 Å². The molecule has 1 aliphatic heterocycles. The van der Waals surface area contributed by atoms with Crippen molar-refractivity contribution in [1.29, 1.82) is 0 Å². The molecular formula is C13H17BrN2O2. The van der Waals surface area contributed by atoms with E-state index in [1.807, 2.05) is 25.1 Å². The number of hydrogen-bond acceptors (Lipinski definition) is 4. The minimum Gasteiger partial charge on any atom is -0.466 e. The SMILES string of the molecule is CCOC(=O)C1CNCC1c1ccc(Br)c(N)c1. The first-order chi connectivity index (χ1) is 8.63. The molecule has 0 aromatic heterocycles. The highest BCUT2D eigenvalue weighted by molar-refractivity contribution is 9.10. The Labute approximate surface area is 115 Å². The van der Waals surface area contributed by atoms with Crippen molar-refractivity contribution in [3.05, 3.63) is 28.2 Å². The molecule has 1 aromatic carbocycles. The van der Waals surface area contributed by atoms with Gasteiger partial charge in [-0.05, 0) is 40.5 Å². The molecule has 0 aliphatic carbocycles. The van der Waals surface area contributed by atoms with Gasteiger partial charge in [0.1, 0.15) is 0 Å². The maximum absolute atomic E-state index is 11.9. The number of nitrogens with two attached hydrogens (primary N) is 1. The van der Waals surface area contributed by atoms with Crippen molar-refractivity contribution < 1.29 is 9.53 Å². The van der Waals surface area contributed by atoms with Crippen LogP contribution in [-0.2, 0) is 9.53 Å². The van der Waals surface area contributed by atoms with E-state index >= 15 is 0 Å². The molecule has 2 atom stereocenters. The van der Waals surface area contributed by atoms with Crippen LogP contribution < -0.4 is 11.1 Å². The van der Waals surface area contributed by atoms with Gasteiger partial charge in [0.05, 0.1) is 12.5 Å². The van der Waals surface area contributed by atoms with Crippen molar-refractivity contribution in [3.63, 3.8) is 0 Å². The monoisotopic (exact) mass is 312 g/mol. The van der Waals surface area contributed by atoms with Gasteiger partial charge in [-0.1, -0.05) is 6.07 Å². The third kappa shape index (κ3) is 2.67. The second-order valence-corrected chi connectivity index (χ2v) is 5.26. The largest absolute Gasteiger partial charge is 0.466 e. The molecule has 0 radical (unpaired) electrons. The molecule has 1 aromatic rings. The fourth-order valence-electron chi connectivity index (χ4n) is 2.32. The van der Waals surface area contributed by atoms with Gasteiger partial charge in [0.25, 0.3) is 0 Å². The molecule has 5 heteroatoms. The first-order valence-corrected chi connectivity index (χ1v) is 6.85. The van der Waals surface area contributed by atoms with E-state index in [0.717, 1.165) is 16.6 Å². The van der Waals surface area contributed by atoms with E-state index in [1.165, 1.54) is 0 Å². The number of anilines is 1. The summed E-state index contributed by atoms with van der Waals surface area (Å²) < 4.78 is 5.99. The second-order valence-electron chi connectivity index (χ2n) is 4.40. The molecule has 2 unspecified atom stereocenters. The average Bonchev–Trinajstić information content (AvgIpc) is 2.82. The van der Waals surface area contributed by atoms with Crippen molar-refractivity contribution in [2.75, 3.05) is 25.4 Å². The van der Waals surface area contributed by atoms with Gasteiger partial charge in [-0.15, -0.1) is 0 Å². The zero-order valence-electron chi connectivity index (χ0n) is 10.3. The molecule has 18 heavy (non-hydrogen) atoms. The quantitative estimate of drug-likeness (QED) is 0.661. The lowest BCUT2D eigenvalue weighted by molar-refractivity contribution is -0.147. The van der Waals surface area contributed by atoms with Crippen molar-refractivity contribution in [3.8, 4) is 0 Å². The zero-order valence-corrected chi connectivity index (χ0v) is 11.9. The first kappa shape index (κ1) is 13.4. The number of benzene rings is 1. The molecule has 4 nitrogen and oxygen atoms in total. The highest BCUT2D eigenvalue weighted by Crippen LogP contribution is 2.32. The summed E-state index contributed by atoms with van der Waals surface area (Å²) in [6.07, 6.45) is 0. The smallest absolute Gasteiger partial charge is 0.310 e. The number of carbonyl (C=O) groups is 1. The van der Waals surface area contributed by atoms with Gasteiger partial charge in [0, 0.05) is 29.2 Å². The molecular weight excluding hydrogens is 296 g/mol. The van der Waals surface area contributed by atoms with Crippen LogP contribution in [0.2, 0.25) is 0 Å². The molecule has 2 rings (SSSR count). The van der Waals surface area contributed by atoms with Crippen LogP contribution in [0.3, 0.4) is 0 Å². The van der Waals surface area contributed by atoms with Crippen LogP contribution in [-0.4, -0.2) is 25.7 Å². The number of halogens is 1. The topological polar surface area (TPSA) is 64.3 Å². The molecule has 1 heterocycles. The number of hydrogen-bond donors (Lipinski definition) is 2. The number of nitrogens with one attached hydrogen (secondary N) is 1. The van der Waals surface area contributed by atoms with E-state index in [1.54, 1.807) is 0 Å². The number of carbonyl (C=O) groups excluding carboxylic acids is 1. The lowest BCUT2D eigenvalue weighted by Crippen LogP contribution is -2.24. The fraction of sp³-hybridized carbons (Fsp3) is 0.462. The summed E-state index contributed by atoms with van der Waals surface area (Å²) in [5.41, 5.74) is 7.66. The standard InChI is InChI=1S/C13H17BrN2O2/c1-2-18-13(17)10-7-16-6-9(10)8-3-4-11(14)12(15)5-8/h3-5,9-10,16H,2,6-7,15H2,1H3. The summed E-state index contributed by atoms with van der Waals surface area (Å²) in [6.45, 7) is 3.70. The van der Waals surface area contributed by atoms with Crippen molar-refractivity contribution in [2.24, 2.45) is 5.92 Å². The van der Waals surface area contributed by atoms with Gasteiger partial charge < -0.3 is 15.8 Å². The highest BCUT2D eigenvalue weighted by Gasteiger charge is 2.35. The van der Waals surface area contributed by atoms with Crippen LogP contribution in [0.1, 0.15) is 18.4 Å². The minimum atomic E-state index is -0.131. The Morgan fingerprint density at radius 2 is 2.33 bits per heavy atom. The summed E-state index contributed by atoms with van der Waals surface area (Å²) in [5.74, 6) is -0.112. The van der Waals surface area contributed by atoms with E-state index in [-0.39, 0.29) is 17.8 Å². The summed E-state index contributed by atoms with van der Waals surface area (Å²) in [4.78, 5) is 11.9. The minimum absolute atomic E-state index is 0.120. The van der Waals surface area contributed by atoms with Gasteiger partial charge in [0.2, 0.25) is 0 Å². The van der Waals surface area contributed by atoms with Gasteiger partial charge in [-0.2, -0.15) is 0 Å². The highest BCUT2D eigenvalue weighted by atomic mass is 79.9. The van der Waals surface area contributed by atoms with E-state index in [0.29, 0.717) is 18.8 Å². The second kappa shape index (κ2) is 5.71. The Balaban J connectivity index is 2.20. The molecule has 3 N–H and O–H groups in total. The molecule has 0 bridgehead atoms. The van der Waals surface area contributed by atoms with Crippen LogP contribution in [0.15, 0.2) is 22.7 Å². The van der Waals surface area contributed by atoms with Crippen molar-refractivity contribution in [1.82, 2.24) is 5.32 Å². The first-order valence-electron chi connectivity index (χ1n) is 6.05. The van der Waals surface area contributed by atoms with Crippen LogP contribution in [0.25, 0.3) is 0 Å². The van der Waals surface area contributed by atoms with Gasteiger partial charge in [-0.3, -0.25) is 4.79 Å². The number of rotatable bonds is 3. The van der Waals surface area contributed by atoms with Gasteiger partial charge in [-0.25, -0.2) is 0 Å². The molecule has 1 fully saturated rings. The Hall–Kier alpha value is -1.07. The van der Waals surface area contributed by atoms with Gasteiger partial charge in [0.15, 0.2) is 0 Å². The Morgan fingerprint density at radius 1 is 1.56 bits per heavy atom. The maximum Gasteiger partial charge on any atom is 0.310 e.